The number of aromatic hydroxyl groups is 1. The molecule has 0 atom stereocenters. The number of carbonyl (C=O) groups is 2. The van der Waals surface area contributed by atoms with Gasteiger partial charge in [0.05, 0.1) is 0 Å². The number of amides is 1. The molecule has 1 amide bonds. The van der Waals surface area contributed by atoms with Crippen LogP contribution in [0, 0.1) is 0 Å². The molecular formula is C15H12N6O7S. The predicted octanol–water partition coefficient (Wildman–Crippen LogP) is 1.98. The second-order valence-corrected chi connectivity index (χ2v) is 7.04. The number of aromatic carboxylic acids is 1. The molecule has 3 rings (SSSR count). The molecule has 0 saturated carbocycles. The monoisotopic (exact) mass is 420 g/mol. The van der Waals surface area contributed by atoms with Crippen LogP contribution in [0.3, 0.4) is 0 Å². The molecule has 0 fully saturated rings. The van der Waals surface area contributed by atoms with Crippen molar-refractivity contribution < 1.29 is 32.8 Å². The number of nitrogens with one attached hydrogen (secondary N) is 2. The maximum atomic E-state index is 11.7. The molecule has 150 valence electrons. The predicted molar refractivity (Wildman–Crippen MR) is 97.2 cm³/mol. The van der Waals surface area contributed by atoms with Crippen LogP contribution in [0.15, 0.2) is 39.4 Å². The fourth-order valence-electron chi connectivity index (χ4n) is 2.40. The van der Waals surface area contributed by atoms with Crippen LogP contribution in [0.2, 0.25) is 0 Å². The van der Waals surface area contributed by atoms with Crippen LogP contribution in [0.1, 0.15) is 17.5 Å². The van der Waals surface area contributed by atoms with E-state index in [0.29, 0.717) is 5.69 Å². The highest BCUT2D eigenvalue weighted by Gasteiger charge is 2.22. The van der Waals surface area contributed by atoms with Crippen molar-refractivity contribution in [2.75, 3.05) is 5.32 Å². The normalized spacial score (nSPS) is 11.8. The van der Waals surface area contributed by atoms with Gasteiger partial charge in [-0.3, -0.25) is 14.4 Å². The van der Waals surface area contributed by atoms with Gasteiger partial charge in [-0.05, 0) is 23.6 Å². The van der Waals surface area contributed by atoms with Crippen LogP contribution in [0.5, 0.6) is 5.75 Å². The summed E-state index contributed by atoms with van der Waals surface area (Å²) in [5.74, 6) is -3.40. The molecule has 5 N–H and O–H groups in total. The molecule has 0 radical (unpaired) electrons. The molecule has 1 aromatic heterocycles. The van der Waals surface area contributed by atoms with Crippen molar-refractivity contribution in [2.45, 2.75) is 11.8 Å². The van der Waals surface area contributed by atoms with Crippen LogP contribution in [0.25, 0.3) is 10.8 Å². The first-order chi connectivity index (χ1) is 13.6. The van der Waals surface area contributed by atoms with E-state index in [1.807, 2.05) is 0 Å². The molecule has 0 spiro atoms. The molecule has 0 aliphatic rings. The van der Waals surface area contributed by atoms with E-state index < -0.39 is 44.2 Å². The molecule has 2 aromatic carbocycles. The number of benzene rings is 2. The molecule has 13 nitrogen and oxygen atoms in total. The minimum absolute atomic E-state index is 0.110. The van der Waals surface area contributed by atoms with Crippen molar-refractivity contribution in [2.24, 2.45) is 10.2 Å². The number of phenolic OH excluding ortho intramolecular Hbond substituents is 1. The fraction of sp³-hybridized carbons (Fsp3) is 0.0667. The minimum Gasteiger partial charge on any atom is -0.505 e. The largest absolute Gasteiger partial charge is 0.505 e. The van der Waals surface area contributed by atoms with Crippen LogP contribution in [0.4, 0.5) is 17.3 Å². The van der Waals surface area contributed by atoms with Crippen molar-refractivity contribution >= 4 is 50.1 Å². The van der Waals surface area contributed by atoms with Gasteiger partial charge < -0.3 is 15.5 Å². The summed E-state index contributed by atoms with van der Waals surface area (Å²) >= 11 is 0. The Kier molecular flexibility index (Phi) is 4.96. The number of carboxylic acid groups (broad SMARTS) is 1. The zero-order chi connectivity index (χ0) is 21.3. The Hall–Kier alpha value is -3.91. The Bertz CT molecular complexity index is 1280. The average molecular weight is 420 g/mol. The summed E-state index contributed by atoms with van der Waals surface area (Å²) in [6.07, 6.45) is 0. The van der Waals surface area contributed by atoms with Gasteiger partial charge in [0.15, 0.2) is 5.75 Å². The van der Waals surface area contributed by atoms with Gasteiger partial charge >= 0.3 is 5.97 Å². The number of carbonyl (C=O) groups excluding carboxylic acids is 1. The Balaban J connectivity index is 2.18. The van der Waals surface area contributed by atoms with Gasteiger partial charge in [0.25, 0.3) is 16.1 Å². The number of carboxylic acids is 1. The van der Waals surface area contributed by atoms with Gasteiger partial charge in [0.2, 0.25) is 11.7 Å². The molecule has 0 saturated heterocycles. The standard InChI is InChI=1S/C15H12N6O7S/c1-6(22)16-8-3-2-7-4-10(29(26,27)28)11(12(23)9(7)5-8)18-20-15-17-13(14(24)25)19-21-15/h2-5,23H,1H3,(H,16,22)(H,24,25)(H,17,19,21)(H,26,27,28)/b20-18+. The highest BCUT2D eigenvalue weighted by molar-refractivity contribution is 7.86. The summed E-state index contributed by atoms with van der Waals surface area (Å²) in [6.45, 7) is 1.29. The fourth-order valence-corrected chi connectivity index (χ4v) is 3.06. The summed E-state index contributed by atoms with van der Waals surface area (Å²) in [5.41, 5.74) is -0.301. The van der Waals surface area contributed by atoms with Gasteiger partial charge in [-0.1, -0.05) is 6.07 Å². The smallest absolute Gasteiger partial charge is 0.373 e. The van der Waals surface area contributed by atoms with E-state index in [2.05, 4.69) is 30.7 Å². The number of hydrogen-bond donors (Lipinski definition) is 5. The van der Waals surface area contributed by atoms with Crippen molar-refractivity contribution in [3.63, 3.8) is 0 Å². The molecule has 29 heavy (non-hydrogen) atoms. The highest BCUT2D eigenvalue weighted by Crippen LogP contribution is 2.41. The molecule has 0 aliphatic heterocycles. The Morgan fingerprint density at radius 3 is 2.52 bits per heavy atom. The first-order valence-electron chi connectivity index (χ1n) is 7.68. The van der Waals surface area contributed by atoms with Crippen LogP contribution in [-0.4, -0.2) is 50.2 Å². The first-order valence-corrected chi connectivity index (χ1v) is 9.12. The zero-order valence-electron chi connectivity index (χ0n) is 14.5. The number of aromatic nitrogens is 3. The van der Waals surface area contributed by atoms with E-state index in [9.17, 15) is 27.7 Å². The lowest BCUT2D eigenvalue weighted by molar-refractivity contribution is -0.114. The maximum Gasteiger partial charge on any atom is 0.373 e. The van der Waals surface area contributed by atoms with Crippen molar-refractivity contribution in [3.8, 4) is 5.75 Å². The third-order valence-electron chi connectivity index (χ3n) is 3.57. The van der Waals surface area contributed by atoms with E-state index in [0.717, 1.165) is 6.07 Å². The Morgan fingerprint density at radius 2 is 1.93 bits per heavy atom. The lowest BCUT2D eigenvalue weighted by atomic mass is 10.1. The number of rotatable bonds is 5. The summed E-state index contributed by atoms with van der Waals surface area (Å²) < 4.78 is 33.0. The quantitative estimate of drug-likeness (QED) is 0.301. The Morgan fingerprint density at radius 1 is 1.21 bits per heavy atom. The lowest BCUT2D eigenvalue weighted by Crippen LogP contribution is -2.05. The van der Waals surface area contributed by atoms with E-state index in [4.69, 9.17) is 5.11 Å². The van der Waals surface area contributed by atoms with E-state index in [1.54, 1.807) is 0 Å². The Labute approximate surface area is 161 Å². The molecule has 1 heterocycles. The maximum absolute atomic E-state index is 11.7. The third kappa shape index (κ3) is 4.17. The molecule has 0 bridgehead atoms. The second-order valence-electron chi connectivity index (χ2n) is 5.65. The van der Waals surface area contributed by atoms with Crippen LogP contribution < -0.4 is 5.32 Å². The zero-order valence-corrected chi connectivity index (χ0v) is 15.3. The van der Waals surface area contributed by atoms with E-state index in [1.165, 1.54) is 25.1 Å². The number of azo groups is 1. The topological polar surface area (TPSA) is 207 Å². The number of aromatic amines is 1. The number of nitrogens with zero attached hydrogens (tertiary/aromatic N) is 4. The first kappa shape index (κ1) is 19.8. The summed E-state index contributed by atoms with van der Waals surface area (Å²) in [4.78, 5) is 24.8. The van der Waals surface area contributed by atoms with Gasteiger partial charge in [0, 0.05) is 18.0 Å². The molecule has 14 heteroatoms. The number of anilines is 1. The number of hydrogen-bond acceptors (Lipinski definition) is 9. The van der Waals surface area contributed by atoms with Gasteiger partial charge in [-0.25, -0.2) is 4.79 Å². The van der Waals surface area contributed by atoms with Crippen LogP contribution >= 0.6 is 0 Å². The van der Waals surface area contributed by atoms with Gasteiger partial charge in [0.1, 0.15) is 10.6 Å². The SMILES string of the molecule is CC(=O)Nc1ccc2cc(S(=O)(=O)O)c(/N=N/c3n[nH]c(C(=O)O)n3)c(O)c2c1. The van der Waals surface area contributed by atoms with E-state index in [-0.39, 0.29) is 16.7 Å². The van der Waals surface area contributed by atoms with Crippen molar-refractivity contribution in [1.29, 1.82) is 0 Å². The lowest BCUT2D eigenvalue weighted by Gasteiger charge is -2.10. The molecular weight excluding hydrogens is 408 g/mol. The second kappa shape index (κ2) is 7.25. The summed E-state index contributed by atoms with van der Waals surface area (Å²) in [5, 5.41) is 34.8. The average Bonchev–Trinajstić information content (AvgIpc) is 3.09. The molecule has 0 aliphatic carbocycles. The summed E-state index contributed by atoms with van der Waals surface area (Å²) in [6, 6.07) is 5.31. The van der Waals surface area contributed by atoms with Crippen molar-refractivity contribution in [3.05, 3.63) is 30.1 Å². The number of fused-ring (bicyclic) bond motifs is 1. The van der Waals surface area contributed by atoms with Gasteiger partial charge in [-0.2, -0.15) is 13.4 Å². The van der Waals surface area contributed by atoms with Gasteiger partial charge in [-0.15, -0.1) is 15.3 Å². The van der Waals surface area contributed by atoms with E-state index >= 15 is 0 Å². The molecule has 0 unspecified atom stereocenters. The highest BCUT2D eigenvalue weighted by atomic mass is 32.2. The van der Waals surface area contributed by atoms with Crippen LogP contribution in [-0.2, 0) is 14.9 Å². The minimum atomic E-state index is -4.82. The van der Waals surface area contributed by atoms with Crippen molar-refractivity contribution in [1.82, 2.24) is 15.2 Å². The number of H-pyrrole nitrogens is 1. The number of phenols is 1. The third-order valence-corrected chi connectivity index (χ3v) is 4.43. The summed E-state index contributed by atoms with van der Waals surface area (Å²) in [7, 11) is -4.82. The molecule has 3 aromatic rings.